The van der Waals surface area contributed by atoms with E-state index in [-0.39, 0.29) is 16.6 Å². The molecule has 2 atom stereocenters. The number of fused-ring (bicyclic) bond motifs is 1. The summed E-state index contributed by atoms with van der Waals surface area (Å²) in [5.74, 6) is 0.788. The Labute approximate surface area is 130 Å². The second-order valence-electron chi connectivity index (χ2n) is 6.57. The third-order valence-electron chi connectivity index (χ3n) is 4.94. The van der Waals surface area contributed by atoms with Crippen molar-refractivity contribution in [2.45, 2.75) is 18.1 Å². The van der Waals surface area contributed by atoms with E-state index in [4.69, 9.17) is 9.47 Å². The van der Waals surface area contributed by atoms with Crippen LogP contribution >= 0.6 is 0 Å². The van der Waals surface area contributed by atoms with E-state index in [2.05, 4.69) is 4.98 Å². The van der Waals surface area contributed by atoms with Gasteiger partial charge >= 0.3 is 0 Å². The summed E-state index contributed by atoms with van der Waals surface area (Å²) >= 11 is 0. The van der Waals surface area contributed by atoms with Crippen LogP contribution in [0.15, 0.2) is 24.4 Å². The van der Waals surface area contributed by atoms with Gasteiger partial charge in [-0.05, 0) is 18.9 Å². The van der Waals surface area contributed by atoms with Crippen LogP contribution < -0.4 is 4.74 Å². The summed E-state index contributed by atoms with van der Waals surface area (Å²) in [4.78, 5) is 4.16. The number of rotatable bonds is 5. The Morgan fingerprint density at radius 2 is 2.27 bits per heavy atom. The van der Waals surface area contributed by atoms with Gasteiger partial charge in [0.15, 0.2) is 0 Å². The molecule has 4 rings (SSSR count). The van der Waals surface area contributed by atoms with Crippen LogP contribution in [0.1, 0.15) is 12.8 Å². The van der Waals surface area contributed by atoms with Gasteiger partial charge in [-0.1, -0.05) is 6.07 Å². The lowest BCUT2D eigenvalue weighted by Gasteiger charge is -2.26. The second-order valence-corrected chi connectivity index (χ2v) is 8.78. The lowest BCUT2D eigenvalue weighted by atomic mass is 9.82. The van der Waals surface area contributed by atoms with Gasteiger partial charge in [0.2, 0.25) is 15.9 Å². The van der Waals surface area contributed by atoms with E-state index in [1.165, 1.54) is 0 Å². The largest absolute Gasteiger partial charge is 0.477 e. The molecule has 1 aromatic rings. The van der Waals surface area contributed by atoms with Crippen molar-refractivity contribution in [2.24, 2.45) is 11.3 Å². The number of pyridine rings is 1. The zero-order valence-electron chi connectivity index (χ0n) is 12.3. The molecular formula is C15H20N2O4S. The van der Waals surface area contributed by atoms with Crippen LogP contribution in [0.3, 0.4) is 0 Å². The van der Waals surface area contributed by atoms with Crippen molar-refractivity contribution in [3.63, 3.8) is 0 Å². The molecule has 0 bridgehead atoms. The van der Waals surface area contributed by atoms with Gasteiger partial charge in [-0.2, -0.15) is 0 Å². The Balaban J connectivity index is 1.49. The van der Waals surface area contributed by atoms with E-state index in [1.807, 2.05) is 18.2 Å². The number of hydrogen-bond donors (Lipinski definition) is 0. The fourth-order valence-corrected chi connectivity index (χ4v) is 5.39. The molecule has 3 fully saturated rings. The zero-order chi connectivity index (χ0) is 15.2. The fourth-order valence-electron chi connectivity index (χ4n) is 3.41. The highest BCUT2D eigenvalue weighted by atomic mass is 32.2. The molecule has 0 N–H and O–H groups in total. The Bertz CT molecular complexity index is 647. The van der Waals surface area contributed by atoms with E-state index in [9.17, 15) is 8.42 Å². The van der Waals surface area contributed by atoms with Crippen LogP contribution in [0.2, 0.25) is 0 Å². The third kappa shape index (κ3) is 2.41. The Hall–Kier alpha value is -1.18. The summed E-state index contributed by atoms with van der Waals surface area (Å²) in [7, 11) is -3.12. The van der Waals surface area contributed by atoms with Crippen molar-refractivity contribution in [1.29, 1.82) is 0 Å². The predicted octanol–water partition coefficient (Wildman–Crippen LogP) is 0.901. The first kappa shape index (κ1) is 14.4. The molecule has 22 heavy (non-hydrogen) atoms. The maximum Gasteiger partial charge on any atom is 0.217 e. The summed E-state index contributed by atoms with van der Waals surface area (Å²) in [5.41, 5.74) is -0.237. The first-order valence-corrected chi connectivity index (χ1v) is 9.21. The van der Waals surface area contributed by atoms with Gasteiger partial charge in [0.25, 0.3) is 0 Å². The van der Waals surface area contributed by atoms with Crippen molar-refractivity contribution < 1.29 is 17.9 Å². The highest BCUT2D eigenvalue weighted by Gasteiger charge is 2.56. The minimum absolute atomic E-state index is 0.152. The molecule has 2 aliphatic heterocycles. The summed E-state index contributed by atoms with van der Waals surface area (Å²) in [5, 5.41) is -0.152. The molecule has 0 aromatic carbocycles. The van der Waals surface area contributed by atoms with Crippen molar-refractivity contribution in [1.82, 2.24) is 9.29 Å². The molecule has 120 valence electrons. The highest BCUT2D eigenvalue weighted by Crippen LogP contribution is 2.44. The third-order valence-corrected chi connectivity index (χ3v) is 7.25. The Kier molecular flexibility index (Phi) is 3.39. The molecule has 0 spiro atoms. The first-order valence-electron chi connectivity index (χ1n) is 7.71. The molecule has 3 heterocycles. The smallest absolute Gasteiger partial charge is 0.217 e. The molecule has 2 saturated heterocycles. The SMILES string of the molecule is O=S(=O)(C1CC1)N1C[C@@H]2COC[C@]2(COc2ccccn2)C1. The standard InChI is InChI=1S/C15H20N2O4S/c18-22(19,13-4-5-13)17-7-12-8-20-10-15(12,9-17)11-21-14-3-1-2-6-16-14/h1-3,6,12-13H,4-5,7-11H2/t12-,15+/m1/s1. The summed E-state index contributed by atoms with van der Waals surface area (Å²) < 4.78 is 38.1. The molecule has 0 unspecified atom stereocenters. The van der Waals surface area contributed by atoms with Crippen LogP contribution in [0.4, 0.5) is 0 Å². The molecule has 7 heteroatoms. The average Bonchev–Trinajstić information content (AvgIpc) is 3.21. The Morgan fingerprint density at radius 3 is 3.00 bits per heavy atom. The minimum Gasteiger partial charge on any atom is -0.477 e. The van der Waals surface area contributed by atoms with Gasteiger partial charge < -0.3 is 9.47 Å². The minimum atomic E-state index is -3.12. The van der Waals surface area contributed by atoms with E-state index in [1.54, 1.807) is 10.5 Å². The number of ether oxygens (including phenoxy) is 2. The van der Waals surface area contributed by atoms with E-state index in [0.717, 1.165) is 12.8 Å². The molecular weight excluding hydrogens is 304 g/mol. The van der Waals surface area contributed by atoms with Crippen molar-refractivity contribution >= 4 is 10.0 Å². The van der Waals surface area contributed by atoms with Gasteiger partial charge in [-0.25, -0.2) is 17.7 Å². The topological polar surface area (TPSA) is 68.7 Å². The van der Waals surface area contributed by atoms with Crippen LogP contribution in [-0.2, 0) is 14.8 Å². The van der Waals surface area contributed by atoms with Crippen molar-refractivity contribution in [3.8, 4) is 5.88 Å². The molecule has 3 aliphatic rings. The lowest BCUT2D eigenvalue weighted by Crippen LogP contribution is -2.39. The van der Waals surface area contributed by atoms with E-state index < -0.39 is 10.0 Å². The number of hydrogen-bond acceptors (Lipinski definition) is 5. The molecule has 1 aromatic heterocycles. The van der Waals surface area contributed by atoms with E-state index in [0.29, 0.717) is 38.8 Å². The summed E-state index contributed by atoms with van der Waals surface area (Å²) in [6.07, 6.45) is 3.29. The van der Waals surface area contributed by atoms with Crippen molar-refractivity contribution in [3.05, 3.63) is 24.4 Å². The molecule has 1 aliphatic carbocycles. The highest BCUT2D eigenvalue weighted by molar-refractivity contribution is 7.90. The molecule has 1 saturated carbocycles. The number of nitrogens with zero attached hydrogens (tertiary/aromatic N) is 2. The van der Waals surface area contributed by atoms with Crippen LogP contribution in [0.5, 0.6) is 5.88 Å². The summed E-state index contributed by atoms with van der Waals surface area (Å²) in [6.45, 7) is 2.68. The first-order chi connectivity index (χ1) is 10.6. The van der Waals surface area contributed by atoms with Gasteiger partial charge in [0, 0.05) is 36.7 Å². The molecule has 6 nitrogen and oxygen atoms in total. The van der Waals surface area contributed by atoms with Gasteiger partial charge in [0.1, 0.15) is 0 Å². The van der Waals surface area contributed by atoms with E-state index >= 15 is 0 Å². The monoisotopic (exact) mass is 324 g/mol. The second kappa shape index (κ2) is 5.18. The average molecular weight is 324 g/mol. The number of aromatic nitrogens is 1. The van der Waals surface area contributed by atoms with Crippen LogP contribution in [0, 0.1) is 11.3 Å². The van der Waals surface area contributed by atoms with Crippen LogP contribution in [0.25, 0.3) is 0 Å². The number of sulfonamides is 1. The maximum atomic E-state index is 12.5. The molecule has 0 amide bonds. The van der Waals surface area contributed by atoms with Gasteiger partial charge in [-0.15, -0.1) is 0 Å². The fraction of sp³-hybridized carbons (Fsp3) is 0.667. The zero-order valence-corrected chi connectivity index (χ0v) is 13.2. The van der Waals surface area contributed by atoms with Gasteiger partial charge in [-0.3, -0.25) is 0 Å². The normalized spacial score (nSPS) is 32.1. The quantitative estimate of drug-likeness (QED) is 0.805. The Morgan fingerprint density at radius 1 is 1.41 bits per heavy atom. The van der Waals surface area contributed by atoms with Crippen LogP contribution in [-0.4, -0.2) is 55.9 Å². The predicted molar refractivity (Wildman–Crippen MR) is 80.0 cm³/mol. The summed E-state index contributed by atoms with van der Waals surface area (Å²) in [6, 6.07) is 5.53. The lowest BCUT2D eigenvalue weighted by molar-refractivity contribution is 0.0992. The van der Waals surface area contributed by atoms with Crippen molar-refractivity contribution in [2.75, 3.05) is 32.9 Å². The molecule has 0 radical (unpaired) electrons. The van der Waals surface area contributed by atoms with Gasteiger partial charge in [0.05, 0.1) is 25.1 Å². The maximum absolute atomic E-state index is 12.5.